The van der Waals surface area contributed by atoms with Gasteiger partial charge in [0.15, 0.2) is 0 Å². The van der Waals surface area contributed by atoms with Gasteiger partial charge in [0.05, 0.1) is 40.9 Å². The molecule has 0 fully saturated rings. The Hall–Kier alpha value is -13.1. The van der Waals surface area contributed by atoms with Gasteiger partial charge in [-0.2, -0.15) is 23.5 Å². The summed E-state index contributed by atoms with van der Waals surface area (Å²) in [6.45, 7) is 22.0. The number of carbonyl (C=O) groups excluding carboxylic acids is 14. The minimum Gasteiger partial charge on any atom is -0.481 e. The van der Waals surface area contributed by atoms with E-state index in [2.05, 4.69) is 83.7 Å². The molecule has 43 nitrogen and oxygen atoms in total. The highest BCUT2D eigenvalue weighted by Crippen LogP contribution is 2.42. The zero-order valence-corrected chi connectivity index (χ0v) is 78.3. The van der Waals surface area contributed by atoms with Crippen molar-refractivity contribution in [1.29, 1.82) is 0 Å². The highest BCUT2D eigenvalue weighted by Gasteiger charge is 2.40. The van der Waals surface area contributed by atoms with Crippen molar-refractivity contribution in [2.45, 2.75) is 270 Å². The third-order valence-corrected chi connectivity index (χ3v) is 25.2. The summed E-state index contributed by atoms with van der Waals surface area (Å²) in [6.07, 6.45) is -3.21. The standard InChI is InChI=1S/C88H122N20O23S2/c1-38(2)75(95-49(14)111)85(127)102-55(21-24-69(90)113)80(122)101-53(17-15-16-28-92-48(13)110)79(121)105-66-35-132-46(11)73-42(7)59-30-57-40(5)51(18-25-70(114)115)61(96-57)33-62-52(19-26-71(116)117)41(6)58(97-62)31-63-74(43(8)60(99-63)32-64(73)98-59)47(12)133-36-67(106-81(123)54(20-23-68(89)112)100-78(120)44(9)94-83(66)125)84(126)104-65(29-50-34-91-37-93-50)82(124)108-77(45(10)109)87(129)107-76(39(3)4)86(128)103-56(88(130)131)22-27-72(118)119/h30-34,37-39,44-47,53-56,65-67,75-77,97-98,109H,15-29,35-36H2,1-14H3,(H2,89,112)(H2,90,113)(H,91,93)(H,92,110)(H,94,125)(H,95,111)(H,100,120)(H,101,122)(H,102,127)(H,103,128)(H,104,126)(H,105,121)(H,106,123)(H,107,129)(H,108,124)(H,114,115)(H,116,117)(H,118,119)(H,130,131). The van der Waals surface area contributed by atoms with Crippen LogP contribution in [0.25, 0.3) is 44.4 Å². The number of aliphatic hydroxyl groups excluding tert-OH is 1. The zero-order valence-electron chi connectivity index (χ0n) is 76.6. The fourth-order valence-electron chi connectivity index (χ4n) is 15.2. The Morgan fingerprint density at radius 3 is 1.66 bits per heavy atom. The zero-order chi connectivity index (χ0) is 98.9. The number of allylic oxidation sites excluding steroid dienone is 3. The van der Waals surface area contributed by atoms with Crippen LogP contribution in [0.5, 0.6) is 0 Å². The molecule has 3 aliphatic rings. The first-order valence-corrected chi connectivity index (χ1v) is 45.7. The van der Waals surface area contributed by atoms with E-state index in [1.54, 1.807) is 65.8 Å². The minimum atomic E-state index is -1.94. The molecule has 0 radical (unpaired) electrons. The number of H-pyrrole nitrogens is 3. The Balaban J connectivity index is 1.45. The van der Waals surface area contributed by atoms with Crippen molar-refractivity contribution >= 4 is 174 Å². The van der Waals surface area contributed by atoms with Crippen molar-refractivity contribution in [2.24, 2.45) is 23.3 Å². The number of hydrogen-bond acceptors (Lipinski definition) is 24. The molecule has 7 heterocycles. The van der Waals surface area contributed by atoms with Crippen LogP contribution in [0.1, 0.15) is 216 Å². The maximum atomic E-state index is 15.7. The van der Waals surface area contributed by atoms with Crippen molar-refractivity contribution in [3.63, 3.8) is 0 Å². The van der Waals surface area contributed by atoms with Crippen LogP contribution < -0.4 is 75.3 Å². The average Bonchev–Trinajstić information content (AvgIpc) is 1.61. The molecule has 0 aromatic carbocycles. The highest BCUT2D eigenvalue weighted by atomic mass is 32.2. The number of nitrogens with one attached hydrogen (secondary N) is 15. The molecule has 4 aromatic heterocycles. The summed E-state index contributed by atoms with van der Waals surface area (Å²) in [6, 6.07) is -11.2. The van der Waals surface area contributed by atoms with E-state index in [0.717, 1.165) is 30.4 Å². The topological polar surface area (TPSA) is 691 Å². The number of unbranched alkanes of at least 4 members (excludes halogenated alkanes) is 1. The molecule has 14 atom stereocenters. The molecule has 133 heavy (non-hydrogen) atoms. The molecule has 0 saturated heterocycles. The van der Waals surface area contributed by atoms with Crippen LogP contribution in [0.4, 0.5) is 0 Å². The van der Waals surface area contributed by atoms with Gasteiger partial charge in [-0.25, -0.2) is 19.7 Å². The Kier molecular flexibility index (Phi) is 39.8. The van der Waals surface area contributed by atoms with E-state index in [1.807, 2.05) is 13.8 Å². The summed E-state index contributed by atoms with van der Waals surface area (Å²) in [4.78, 5) is 271. The number of aliphatic carboxylic acids is 4. The lowest BCUT2D eigenvalue weighted by Gasteiger charge is -2.29. The van der Waals surface area contributed by atoms with Crippen molar-refractivity contribution in [3.8, 4) is 0 Å². The van der Waals surface area contributed by atoms with Crippen LogP contribution >= 0.6 is 23.5 Å². The first-order chi connectivity index (χ1) is 62.5. The quantitative estimate of drug-likeness (QED) is 0.0279. The minimum absolute atomic E-state index is 0.0124. The van der Waals surface area contributed by atoms with Gasteiger partial charge < -0.3 is 116 Å². The van der Waals surface area contributed by atoms with Gasteiger partial charge in [-0.1, -0.05) is 27.7 Å². The number of aromatic nitrogens is 6. The molecule has 7 rings (SSSR count). The predicted octanol–water partition coefficient (Wildman–Crippen LogP) is 1.42. The summed E-state index contributed by atoms with van der Waals surface area (Å²) in [5, 5.41) is 80.0. The largest absolute Gasteiger partial charge is 0.481 e. The number of hydrogen-bond donors (Lipinski definition) is 22. The summed E-state index contributed by atoms with van der Waals surface area (Å²) < 4.78 is 0. The van der Waals surface area contributed by atoms with Crippen LogP contribution in [0.15, 0.2) is 36.8 Å². The maximum absolute atomic E-state index is 15.7. The number of aryl methyl sites for hydroxylation is 3. The summed E-state index contributed by atoms with van der Waals surface area (Å²) in [5.41, 5.74) is 19.4. The van der Waals surface area contributed by atoms with Crippen LogP contribution in [0.2, 0.25) is 0 Å². The normalized spacial score (nSPS) is 18.6. The molecule has 14 amide bonds. The van der Waals surface area contributed by atoms with Gasteiger partial charge in [-0.15, -0.1) is 0 Å². The molecule has 724 valence electrons. The van der Waals surface area contributed by atoms with Crippen LogP contribution in [-0.4, -0.2) is 258 Å². The fraction of sp³-hybridized carbons (Fsp3) is 0.534. The summed E-state index contributed by atoms with van der Waals surface area (Å²) in [7, 11) is 0. The number of carbonyl (C=O) groups is 18. The molecule has 14 unspecified atom stereocenters. The van der Waals surface area contributed by atoms with E-state index < -0.39 is 246 Å². The molecule has 0 spiro atoms. The Labute approximate surface area is 774 Å². The van der Waals surface area contributed by atoms with Gasteiger partial charge in [0.1, 0.15) is 66.5 Å². The maximum Gasteiger partial charge on any atom is 0.326 e. The number of primary amides is 2. The highest BCUT2D eigenvalue weighted by molar-refractivity contribution is 8.00. The van der Waals surface area contributed by atoms with Crippen LogP contribution in [0, 0.1) is 25.7 Å². The van der Waals surface area contributed by atoms with E-state index >= 15 is 24.0 Å². The fourth-order valence-corrected chi connectivity index (χ4v) is 17.6. The number of carboxylic acids is 4. The van der Waals surface area contributed by atoms with Crippen molar-refractivity contribution in [3.05, 3.63) is 87.5 Å². The Bertz CT molecular complexity index is 5310. The van der Waals surface area contributed by atoms with E-state index in [-0.39, 0.29) is 68.8 Å². The van der Waals surface area contributed by atoms with E-state index in [4.69, 9.17) is 21.4 Å². The van der Waals surface area contributed by atoms with Gasteiger partial charge in [0.2, 0.25) is 82.7 Å². The molecule has 3 aliphatic heterocycles. The van der Waals surface area contributed by atoms with Gasteiger partial charge >= 0.3 is 23.9 Å². The number of amides is 14. The number of aromatic amines is 3. The monoisotopic (exact) mass is 1890 g/mol. The van der Waals surface area contributed by atoms with E-state index in [0.29, 0.717) is 89.4 Å². The molecule has 24 N–H and O–H groups in total. The molecular formula is C88H122N20O23S2. The van der Waals surface area contributed by atoms with Crippen LogP contribution in [-0.2, 0) is 99.1 Å². The van der Waals surface area contributed by atoms with Crippen LogP contribution in [0.3, 0.4) is 0 Å². The number of nitrogens with two attached hydrogens (primary N) is 2. The summed E-state index contributed by atoms with van der Waals surface area (Å²) >= 11 is 2.24. The molecule has 9 bridgehead atoms. The average molecular weight is 1890 g/mol. The first kappa shape index (κ1) is 107. The number of thioether (sulfide) groups is 2. The smallest absolute Gasteiger partial charge is 0.326 e. The van der Waals surface area contributed by atoms with Crippen molar-refractivity contribution < 1.29 is 112 Å². The van der Waals surface area contributed by atoms with Gasteiger partial charge in [0.25, 0.3) is 0 Å². The molecule has 45 heteroatoms. The second-order valence-corrected chi connectivity index (χ2v) is 36.6. The third-order valence-electron chi connectivity index (χ3n) is 22.7. The lowest BCUT2D eigenvalue weighted by Crippen LogP contribution is -2.62. The number of aliphatic hydroxyl groups is 1. The number of carboxylic acid groups (broad SMARTS) is 4. The number of fused-ring (bicyclic) bond motifs is 7. The van der Waals surface area contributed by atoms with E-state index in [1.165, 1.54) is 47.1 Å². The number of nitrogens with zero attached hydrogens (tertiary/aromatic N) is 3. The molecular weight excluding hydrogens is 1770 g/mol. The number of imidazole rings is 1. The predicted molar refractivity (Wildman–Crippen MR) is 491 cm³/mol. The van der Waals surface area contributed by atoms with Gasteiger partial charge in [-0.3, -0.25) is 81.5 Å². The van der Waals surface area contributed by atoms with Gasteiger partial charge in [0, 0.05) is 109 Å². The lowest BCUT2D eigenvalue weighted by atomic mass is 10.00. The van der Waals surface area contributed by atoms with Gasteiger partial charge in [-0.05, 0) is 187 Å². The Morgan fingerprint density at radius 1 is 0.519 bits per heavy atom. The molecule has 4 aromatic rings. The molecule has 0 aliphatic carbocycles. The van der Waals surface area contributed by atoms with E-state index in [9.17, 15) is 87.9 Å². The second-order valence-electron chi connectivity index (χ2n) is 33.8. The van der Waals surface area contributed by atoms with Crippen molar-refractivity contribution in [2.75, 3.05) is 18.1 Å². The molecule has 0 saturated carbocycles. The van der Waals surface area contributed by atoms with Crippen molar-refractivity contribution in [1.82, 2.24) is 93.7 Å². The SMILES string of the molecule is CC(=O)NCCCCC(NC(=O)C(CCC(N)=O)NC(=O)C(NC(C)=O)C(C)C)C(=O)NC1CSC(C)c2c(C)c3cc4nc(cc5[nH]c(cc6nc(cc2[nH]3)C(C)=C6C(C)SCC(C(=O)NC(Cc2c[nH]cn2)C(=O)NC(C(=O)NC(C(=O)NC(CCC(=O)O)C(=O)O)C(C)C)C(C)O)NC(=O)C(CCC(N)=O)NC(=O)C(C)NC1=O)c(C)c5CCC(=O)O)C(CCC(=O)O)=C4C. The second kappa shape index (κ2) is 49.4. The summed E-state index contributed by atoms with van der Waals surface area (Å²) in [5.74, 6) is -20.6. The number of rotatable bonds is 41. The lowest BCUT2D eigenvalue weighted by molar-refractivity contribution is -0.144. The first-order valence-electron chi connectivity index (χ1n) is 43.6. The Morgan fingerprint density at radius 2 is 1.06 bits per heavy atom. The third kappa shape index (κ3) is 31.0.